The van der Waals surface area contributed by atoms with Gasteiger partial charge in [0.15, 0.2) is 5.78 Å². The van der Waals surface area contributed by atoms with E-state index in [0.717, 1.165) is 11.1 Å². The number of aryl methyl sites for hydroxylation is 1. The summed E-state index contributed by atoms with van der Waals surface area (Å²) in [7, 11) is 0. The normalized spacial score (nSPS) is 10.6. The van der Waals surface area contributed by atoms with E-state index < -0.39 is 0 Å². The van der Waals surface area contributed by atoms with E-state index in [4.69, 9.17) is 0 Å². The van der Waals surface area contributed by atoms with Gasteiger partial charge in [-0.15, -0.1) is 0 Å². The molecule has 1 aromatic carbocycles. The van der Waals surface area contributed by atoms with Crippen molar-refractivity contribution in [2.75, 3.05) is 5.33 Å². The smallest absolute Gasteiger partial charge is 0.173 e. The summed E-state index contributed by atoms with van der Waals surface area (Å²) in [6.07, 6.45) is 0. The van der Waals surface area contributed by atoms with E-state index in [-0.39, 0.29) is 5.78 Å². The summed E-state index contributed by atoms with van der Waals surface area (Å²) in [6, 6.07) is 6.11. The van der Waals surface area contributed by atoms with Crippen molar-refractivity contribution in [3.63, 3.8) is 0 Å². The van der Waals surface area contributed by atoms with Crippen molar-refractivity contribution in [2.24, 2.45) is 0 Å². The molecule has 0 aliphatic carbocycles. The van der Waals surface area contributed by atoms with Gasteiger partial charge >= 0.3 is 0 Å². The van der Waals surface area contributed by atoms with E-state index in [1.165, 1.54) is 5.56 Å². The van der Waals surface area contributed by atoms with Crippen LogP contribution in [-0.2, 0) is 0 Å². The zero-order valence-electron chi connectivity index (χ0n) is 8.80. The average molecular weight is 255 g/mol. The number of rotatable bonds is 3. The number of Topliss-reactive ketones (excluding diaryl/α,β-unsaturated/α-hetero) is 1. The van der Waals surface area contributed by atoms with Crippen LogP contribution in [0.2, 0.25) is 0 Å². The summed E-state index contributed by atoms with van der Waals surface area (Å²) in [5.41, 5.74) is 3.12. The van der Waals surface area contributed by atoms with E-state index in [1.807, 2.05) is 19.1 Å². The lowest BCUT2D eigenvalue weighted by molar-refractivity contribution is 0.102. The second-order valence-corrected chi connectivity index (χ2v) is 4.35. The fourth-order valence-electron chi connectivity index (χ4n) is 1.37. The van der Waals surface area contributed by atoms with Crippen molar-refractivity contribution >= 4 is 21.7 Å². The van der Waals surface area contributed by atoms with Gasteiger partial charge in [-0.1, -0.05) is 41.9 Å². The highest BCUT2D eigenvalue weighted by molar-refractivity contribution is 9.09. The van der Waals surface area contributed by atoms with Crippen LogP contribution in [0.25, 0.3) is 0 Å². The molecule has 0 saturated carbocycles. The quantitative estimate of drug-likeness (QED) is 0.594. The van der Waals surface area contributed by atoms with Gasteiger partial charge in [0.2, 0.25) is 0 Å². The number of benzene rings is 1. The maximum Gasteiger partial charge on any atom is 0.173 e. The SMILES string of the molecule is Cc1ccc(C(C)C)cc1C(=O)CBr. The second kappa shape index (κ2) is 4.74. The molecule has 2 heteroatoms. The van der Waals surface area contributed by atoms with Crippen molar-refractivity contribution < 1.29 is 4.79 Å². The first-order chi connectivity index (χ1) is 6.56. The molecule has 0 unspecified atom stereocenters. The van der Waals surface area contributed by atoms with Crippen LogP contribution < -0.4 is 0 Å². The summed E-state index contributed by atoms with van der Waals surface area (Å²) in [5, 5.41) is 0.398. The molecule has 0 N–H and O–H groups in total. The molecular weight excluding hydrogens is 240 g/mol. The summed E-state index contributed by atoms with van der Waals surface area (Å²) >= 11 is 3.20. The maximum absolute atomic E-state index is 11.6. The van der Waals surface area contributed by atoms with Gasteiger partial charge in [0, 0.05) is 5.56 Å². The van der Waals surface area contributed by atoms with Crippen molar-refractivity contribution in [2.45, 2.75) is 26.7 Å². The Bertz CT molecular complexity index is 342. The summed E-state index contributed by atoms with van der Waals surface area (Å²) in [5.74, 6) is 0.627. The van der Waals surface area contributed by atoms with Gasteiger partial charge in [-0.05, 0) is 30.0 Å². The molecule has 1 aromatic rings. The predicted molar refractivity (Wildman–Crippen MR) is 63.4 cm³/mol. The first-order valence-electron chi connectivity index (χ1n) is 4.76. The predicted octanol–water partition coefficient (Wildman–Crippen LogP) is 3.70. The highest BCUT2D eigenvalue weighted by Gasteiger charge is 2.09. The molecule has 14 heavy (non-hydrogen) atoms. The third kappa shape index (κ3) is 2.44. The van der Waals surface area contributed by atoms with Gasteiger partial charge in [0.25, 0.3) is 0 Å². The minimum Gasteiger partial charge on any atom is -0.293 e. The Morgan fingerprint density at radius 1 is 1.43 bits per heavy atom. The Balaban J connectivity index is 3.15. The summed E-state index contributed by atoms with van der Waals surface area (Å²) in [4.78, 5) is 11.6. The number of ketones is 1. The van der Waals surface area contributed by atoms with Gasteiger partial charge < -0.3 is 0 Å². The first kappa shape index (κ1) is 11.4. The molecule has 0 saturated heterocycles. The molecule has 0 amide bonds. The standard InChI is InChI=1S/C12H15BrO/c1-8(2)10-5-4-9(3)11(6-10)12(14)7-13/h4-6,8H,7H2,1-3H3. The van der Waals surface area contributed by atoms with Crippen LogP contribution in [0, 0.1) is 6.92 Å². The first-order valence-corrected chi connectivity index (χ1v) is 5.88. The minimum atomic E-state index is 0.157. The van der Waals surface area contributed by atoms with Crippen LogP contribution in [-0.4, -0.2) is 11.1 Å². The number of carbonyl (C=O) groups excluding carboxylic acids is 1. The van der Waals surface area contributed by atoms with Gasteiger partial charge in [-0.25, -0.2) is 0 Å². The molecule has 0 atom stereocenters. The molecule has 0 aliphatic rings. The fourth-order valence-corrected chi connectivity index (χ4v) is 1.67. The van der Waals surface area contributed by atoms with Crippen molar-refractivity contribution in [1.29, 1.82) is 0 Å². The lowest BCUT2D eigenvalue weighted by Gasteiger charge is -2.09. The Morgan fingerprint density at radius 2 is 2.07 bits per heavy atom. The molecule has 0 heterocycles. The van der Waals surface area contributed by atoms with Gasteiger partial charge in [0.05, 0.1) is 5.33 Å². The largest absolute Gasteiger partial charge is 0.293 e. The highest BCUT2D eigenvalue weighted by Crippen LogP contribution is 2.19. The number of alkyl halides is 1. The molecule has 76 valence electrons. The lowest BCUT2D eigenvalue weighted by atomic mass is 9.96. The monoisotopic (exact) mass is 254 g/mol. The number of halogens is 1. The Hall–Kier alpha value is -0.630. The van der Waals surface area contributed by atoms with Gasteiger partial charge in [-0.2, -0.15) is 0 Å². The van der Waals surface area contributed by atoms with E-state index in [1.54, 1.807) is 0 Å². The van der Waals surface area contributed by atoms with Gasteiger partial charge in [-0.3, -0.25) is 4.79 Å². The second-order valence-electron chi connectivity index (χ2n) is 3.79. The number of hydrogen-bond acceptors (Lipinski definition) is 1. The topological polar surface area (TPSA) is 17.1 Å². The molecule has 0 spiro atoms. The Morgan fingerprint density at radius 3 is 2.57 bits per heavy atom. The molecule has 0 aliphatic heterocycles. The minimum absolute atomic E-state index is 0.157. The lowest BCUT2D eigenvalue weighted by Crippen LogP contribution is -2.04. The number of hydrogen-bond donors (Lipinski definition) is 0. The van der Waals surface area contributed by atoms with E-state index in [2.05, 4.69) is 35.8 Å². The molecule has 0 bridgehead atoms. The van der Waals surface area contributed by atoms with Crippen LogP contribution in [0.4, 0.5) is 0 Å². The van der Waals surface area contributed by atoms with Crippen LogP contribution in [0.3, 0.4) is 0 Å². The highest BCUT2D eigenvalue weighted by atomic mass is 79.9. The van der Waals surface area contributed by atoms with Gasteiger partial charge in [0.1, 0.15) is 0 Å². The molecular formula is C12H15BrO. The van der Waals surface area contributed by atoms with Crippen LogP contribution in [0.15, 0.2) is 18.2 Å². The summed E-state index contributed by atoms with van der Waals surface area (Å²) in [6.45, 7) is 6.24. The van der Waals surface area contributed by atoms with Crippen molar-refractivity contribution in [3.8, 4) is 0 Å². The zero-order chi connectivity index (χ0) is 10.7. The third-order valence-corrected chi connectivity index (χ3v) is 2.86. The molecule has 0 aromatic heterocycles. The third-order valence-electron chi connectivity index (χ3n) is 2.35. The zero-order valence-corrected chi connectivity index (χ0v) is 10.4. The van der Waals surface area contributed by atoms with Crippen LogP contribution in [0.1, 0.15) is 41.3 Å². The van der Waals surface area contributed by atoms with E-state index in [9.17, 15) is 4.79 Å². The Labute approximate surface area is 93.7 Å². The van der Waals surface area contributed by atoms with E-state index >= 15 is 0 Å². The van der Waals surface area contributed by atoms with E-state index in [0.29, 0.717) is 11.2 Å². The fraction of sp³-hybridized carbons (Fsp3) is 0.417. The average Bonchev–Trinajstić information content (AvgIpc) is 2.17. The van der Waals surface area contributed by atoms with Crippen molar-refractivity contribution in [1.82, 2.24) is 0 Å². The van der Waals surface area contributed by atoms with Crippen LogP contribution >= 0.6 is 15.9 Å². The Kier molecular flexibility index (Phi) is 3.87. The molecule has 1 rings (SSSR count). The molecule has 0 fully saturated rings. The van der Waals surface area contributed by atoms with Crippen molar-refractivity contribution in [3.05, 3.63) is 34.9 Å². The molecule has 1 nitrogen and oxygen atoms in total. The molecule has 0 radical (unpaired) electrons. The maximum atomic E-state index is 11.6. The van der Waals surface area contributed by atoms with Crippen LogP contribution in [0.5, 0.6) is 0 Å². The number of carbonyl (C=O) groups is 1. The summed E-state index contributed by atoms with van der Waals surface area (Å²) < 4.78 is 0.